The van der Waals surface area contributed by atoms with Gasteiger partial charge in [-0.05, 0) is 56.0 Å². The Kier molecular flexibility index (Phi) is 7.24. The Morgan fingerprint density at radius 2 is 1.76 bits per heavy atom. The van der Waals surface area contributed by atoms with Gasteiger partial charge in [0.1, 0.15) is 23.5 Å². The van der Waals surface area contributed by atoms with Gasteiger partial charge in [0.15, 0.2) is 11.5 Å². The minimum Gasteiger partial charge on any atom is -0.489 e. The lowest BCUT2D eigenvalue weighted by molar-refractivity contribution is -0.155. The van der Waals surface area contributed by atoms with E-state index < -0.39 is 42.0 Å². The second-order valence-electron chi connectivity index (χ2n) is 10.1. The Hall–Kier alpha value is -2.59. The third-order valence-electron chi connectivity index (χ3n) is 7.39. The van der Waals surface area contributed by atoms with E-state index in [9.17, 15) is 13.2 Å². The van der Waals surface area contributed by atoms with Crippen LogP contribution in [0.2, 0.25) is 0 Å². The highest BCUT2D eigenvalue weighted by Gasteiger charge is 2.43. The molecular weight excluding hydrogens is 495 g/mol. The second kappa shape index (κ2) is 10.3. The number of fused-ring (bicyclic) bond motifs is 2. The summed E-state index contributed by atoms with van der Waals surface area (Å²) >= 11 is 0. The van der Waals surface area contributed by atoms with Crippen molar-refractivity contribution in [2.45, 2.75) is 63.9 Å². The van der Waals surface area contributed by atoms with Crippen molar-refractivity contribution >= 4 is 0 Å². The van der Waals surface area contributed by atoms with E-state index in [0.717, 1.165) is 49.4 Å². The number of benzene rings is 2. The molecule has 0 radical (unpaired) electrons. The Morgan fingerprint density at radius 1 is 1.05 bits per heavy atom. The van der Waals surface area contributed by atoms with Crippen molar-refractivity contribution in [3.8, 4) is 17.2 Å². The molecular formula is C27H31F5N2O3. The molecule has 3 heterocycles. The molecule has 1 saturated heterocycles. The van der Waals surface area contributed by atoms with E-state index in [-0.39, 0.29) is 25.1 Å². The van der Waals surface area contributed by atoms with Crippen molar-refractivity contribution in [1.82, 2.24) is 9.80 Å². The predicted octanol–water partition coefficient (Wildman–Crippen LogP) is 5.85. The van der Waals surface area contributed by atoms with E-state index >= 15 is 8.78 Å². The summed E-state index contributed by atoms with van der Waals surface area (Å²) in [6.45, 7) is 4.90. The molecule has 0 N–H and O–H groups in total. The van der Waals surface area contributed by atoms with E-state index in [0.29, 0.717) is 29.2 Å². The molecule has 10 heteroatoms. The zero-order valence-corrected chi connectivity index (χ0v) is 20.9. The molecule has 2 aromatic carbocycles. The summed E-state index contributed by atoms with van der Waals surface area (Å²) < 4.78 is 88.8. The SMILES string of the molecule is CCCCN1CC[C@H](Oc2cc(F)c([C@@H]3c4cc5c(cc4C[C@@H](C)N3CC(F)(F)F)OCO5)c(F)c2)C1. The smallest absolute Gasteiger partial charge is 0.401 e. The van der Waals surface area contributed by atoms with Gasteiger partial charge in [-0.15, -0.1) is 0 Å². The topological polar surface area (TPSA) is 34.2 Å². The summed E-state index contributed by atoms with van der Waals surface area (Å²) in [5.41, 5.74) is 0.622. The number of halogens is 5. The fourth-order valence-corrected chi connectivity index (χ4v) is 5.64. The van der Waals surface area contributed by atoms with E-state index in [4.69, 9.17) is 14.2 Å². The molecule has 5 rings (SSSR count). The van der Waals surface area contributed by atoms with Crippen LogP contribution in [0, 0.1) is 11.6 Å². The van der Waals surface area contributed by atoms with Crippen LogP contribution < -0.4 is 14.2 Å². The molecule has 37 heavy (non-hydrogen) atoms. The van der Waals surface area contributed by atoms with Gasteiger partial charge >= 0.3 is 6.18 Å². The Labute approximate surface area is 213 Å². The van der Waals surface area contributed by atoms with Gasteiger partial charge in [-0.1, -0.05) is 13.3 Å². The number of nitrogens with zero attached hydrogens (tertiary/aromatic N) is 2. The first-order valence-corrected chi connectivity index (χ1v) is 12.8. The Morgan fingerprint density at radius 3 is 2.43 bits per heavy atom. The third-order valence-corrected chi connectivity index (χ3v) is 7.39. The van der Waals surface area contributed by atoms with Crippen molar-refractivity contribution in [1.29, 1.82) is 0 Å². The van der Waals surface area contributed by atoms with Crippen LogP contribution in [0.15, 0.2) is 24.3 Å². The summed E-state index contributed by atoms with van der Waals surface area (Å²) in [4.78, 5) is 3.37. The average molecular weight is 527 g/mol. The Bertz CT molecular complexity index is 1120. The lowest BCUT2D eigenvalue weighted by Crippen LogP contribution is -2.47. The van der Waals surface area contributed by atoms with Gasteiger partial charge in [-0.25, -0.2) is 8.78 Å². The van der Waals surface area contributed by atoms with Crippen LogP contribution in [0.1, 0.15) is 55.8 Å². The summed E-state index contributed by atoms with van der Waals surface area (Å²) in [7, 11) is 0. The van der Waals surface area contributed by atoms with Crippen molar-refractivity contribution in [2.75, 3.05) is 33.0 Å². The molecule has 0 aliphatic carbocycles. The lowest BCUT2D eigenvalue weighted by Gasteiger charge is -2.42. The Balaban J connectivity index is 1.48. The molecule has 0 spiro atoms. The first kappa shape index (κ1) is 26.0. The minimum absolute atomic E-state index is 0.0174. The largest absolute Gasteiger partial charge is 0.489 e. The van der Waals surface area contributed by atoms with Gasteiger partial charge in [0, 0.05) is 36.8 Å². The van der Waals surface area contributed by atoms with Crippen LogP contribution in [0.25, 0.3) is 0 Å². The summed E-state index contributed by atoms with van der Waals surface area (Å²) in [5, 5.41) is 0. The van der Waals surface area contributed by atoms with Crippen LogP contribution in [-0.2, 0) is 6.42 Å². The normalized spacial score (nSPS) is 23.9. The maximum Gasteiger partial charge on any atom is 0.401 e. The van der Waals surface area contributed by atoms with Crippen LogP contribution >= 0.6 is 0 Å². The van der Waals surface area contributed by atoms with Gasteiger partial charge in [0.2, 0.25) is 6.79 Å². The predicted molar refractivity (Wildman–Crippen MR) is 127 cm³/mol. The number of rotatable bonds is 7. The molecule has 5 nitrogen and oxygen atoms in total. The molecule has 1 fully saturated rings. The fourth-order valence-electron chi connectivity index (χ4n) is 5.64. The number of unbranched alkanes of at least 4 members (excludes halogenated alkanes) is 1. The summed E-state index contributed by atoms with van der Waals surface area (Å²) in [5.74, 6) is -1.02. The number of hydrogen-bond donors (Lipinski definition) is 0. The maximum absolute atomic E-state index is 15.6. The van der Waals surface area contributed by atoms with Crippen molar-refractivity contribution in [3.05, 3.63) is 52.6 Å². The molecule has 3 atom stereocenters. The zero-order valence-electron chi connectivity index (χ0n) is 20.9. The molecule has 0 unspecified atom stereocenters. The molecule has 0 bridgehead atoms. The van der Waals surface area contributed by atoms with Gasteiger partial charge in [0.05, 0.1) is 12.6 Å². The summed E-state index contributed by atoms with van der Waals surface area (Å²) in [6, 6.07) is 3.51. The van der Waals surface area contributed by atoms with Gasteiger partial charge < -0.3 is 14.2 Å². The summed E-state index contributed by atoms with van der Waals surface area (Å²) in [6.07, 6.45) is -1.58. The van der Waals surface area contributed by atoms with Gasteiger partial charge in [-0.2, -0.15) is 13.2 Å². The molecule has 3 aliphatic rings. The highest BCUT2D eigenvalue weighted by Crippen LogP contribution is 2.46. The fraction of sp³-hybridized carbons (Fsp3) is 0.556. The number of hydrogen-bond acceptors (Lipinski definition) is 5. The number of alkyl halides is 3. The second-order valence-corrected chi connectivity index (χ2v) is 10.1. The van der Waals surface area contributed by atoms with E-state index in [2.05, 4.69) is 11.8 Å². The molecule has 0 aromatic heterocycles. The average Bonchev–Trinajstić information content (AvgIpc) is 3.46. The van der Waals surface area contributed by atoms with E-state index in [1.165, 1.54) is 0 Å². The quantitative estimate of drug-likeness (QED) is 0.423. The standard InChI is InChI=1S/C27H31F5N2O3/c1-3-4-6-33-7-5-18(13-33)37-19-10-21(28)25(22(29)11-19)26-20-12-24-23(35-15-36-24)9-17(20)8-16(2)34(26)14-27(30,31)32/h9-12,16,18,26H,3-8,13-15H2,1-2H3/t16-,18+,26+/m1/s1. The minimum atomic E-state index is -4.55. The highest BCUT2D eigenvalue weighted by atomic mass is 19.4. The molecule has 2 aromatic rings. The monoisotopic (exact) mass is 526 g/mol. The molecule has 3 aliphatic heterocycles. The number of ether oxygens (including phenoxy) is 3. The highest BCUT2D eigenvalue weighted by molar-refractivity contribution is 5.53. The van der Waals surface area contributed by atoms with Crippen LogP contribution in [0.3, 0.4) is 0 Å². The van der Waals surface area contributed by atoms with Gasteiger partial charge in [-0.3, -0.25) is 9.80 Å². The molecule has 0 saturated carbocycles. The van der Waals surface area contributed by atoms with E-state index in [1.807, 2.05) is 0 Å². The van der Waals surface area contributed by atoms with Gasteiger partial charge in [0.25, 0.3) is 0 Å². The lowest BCUT2D eigenvalue weighted by atomic mass is 9.84. The first-order chi connectivity index (χ1) is 17.6. The van der Waals surface area contributed by atoms with Crippen molar-refractivity contribution in [2.24, 2.45) is 0 Å². The van der Waals surface area contributed by atoms with Crippen molar-refractivity contribution < 1.29 is 36.2 Å². The van der Waals surface area contributed by atoms with Crippen LogP contribution in [0.5, 0.6) is 17.2 Å². The van der Waals surface area contributed by atoms with E-state index in [1.54, 1.807) is 19.1 Å². The zero-order chi connectivity index (χ0) is 26.3. The van der Waals surface area contributed by atoms with Crippen molar-refractivity contribution in [3.63, 3.8) is 0 Å². The van der Waals surface area contributed by atoms with Crippen LogP contribution in [0.4, 0.5) is 22.0 Å². The number of likely N-dealkylation sites (tertiary alicyclic amines) is 1. The third kappa shape index (κ3) is 5.50. The maximum atomic E-state index is 15.6. The first-order valence-electron chi connectivity index (χ1n) is 12.8. The molecule has 202 valence electrons. The molecule has 0 amide bonds. The van der Waals surface area contributed by atoms with Crippen LogP contribution in [-0.4, -0.2) is 61.1 Å².